The Morgan fingerprint density at radius 2 is 2.29 bits per heavy atom. The number of aromatic carboxylic acids is 1. The third-order valence-corrected chi connectivity index (χ3v) is 1.75. The van der Waals surface area contributed by atoms with Crippen LogP contribution in [-0.4, -0.2) is 39.3 Å². The lowest BCUT2D eigenvalue weighted by Gasteiger charge is -2.07. The third-order valence-electron chi connectivity index (χ3n) is 1.75. The Kier molecular flexibility index (Phi) is 3.78. The van der Waals surface area contributed by atoms with Crippen molar-refractivity contribution < 1.29 is 24.7 Å². The first-order chi connectivity index (χ1) is 7.97. The Morgan fingerprint density at radius 1 is 1.65 bits per heavy atom. The minimum absolute atomic E-state index is 0.190. The van der Waals surface area contributed by atoms with Crippen molar-refractivity contribution in [2.24, 2.45) is 0 Å². The van der Waals surface area contributed by atoms with Gasteiger partial charge in [-0.1, -0.05) is 0 Å². The molecule has 0 saturated carbocycles. The van der Waals surface area contributed by atoms with Crippen molar-refractivity contribution in [1.82, 2.24) is 4.98 Å². The number of ether oxygens (including phenoxy) is 1. The van der Waals surface area contributed by atoms with E-state index in [-0.39, 0.29) is 19.1 Å². The first-order valence-corrected chi connectivity index (χ1v) is 4.39. The third kappa shape index (κ3) is 2.78. The number of carbonyl (C=O) groups is 1. The first-order valence-electron chi connectivity index (χ1n) is 4.39. The number of nitro groups is 1. The molecular formula is C8H9N3O6. The molecule has 0 saturated heterocycles. The normalized spacial score (nSPS) is 9.94. The number of aliphatic hydroxyl groups is 1. The molecule has 92 valence electrons. The number of aromatic nitrogens is 1. The Bertz CT molecular complexity index is 461. The van der Waals surface area contributed by atoms with E-state index in [0.29, 0.717) is 0 Å². The van der Waals surface area contributed by atoms with Gasteiger partial charge in [0.2, 0.25) is 11.7 Å². The van der Waals surface area contributed by atoms with Crippen LogP contribution in [0.25, 0.3) is 0 Å². The molecule has 1 aromatic rings. The van der Waals surface area contributed by atoms with Crippen LogP contribution in [0, 0.1) is 10.1 Å². The molecule has 0 aliphatic carbocycles. The molecule has 0 radical (unpaired) electrons. The number of carboxylic acids is 1. The second-order valence-electron chi connectivity index (χ2n) is 2.88. The van der Waals surface area contributed by atoms with E-state index in [0.717, 1.165) is 6.07 Å². The summed E-state index contributed by atoms with van der Waals surface area (Å²) in [6, 6.07) is 0.761. The van der Waals surface area contributed by atoms with E-state index >= 15 is 0 Å². The van der Waals surface area contributed by atoms with E-state index < -0.39 is 28.0 Å². The maximum absolute atomic E-state index is 10.8. The van der Waals surface area contributed by atoms with Gasteiger partial charge < -0.3 is 20.7 Å². The second kappa shape index (κ2) is 5.07. The van der Waals surface area contributed by atoms with Crippen LogP contribution >= 0.6 is 0 Å². The fourth-order valence-corrected chi connectivity index (χ4v) is 1.05. The molecule has 1 aromatic heterocycles. The largest absolute Gasteiger partial charge is 0.477 e. The molecule has 0 spiro atoms. The van der Waals surface area contributed by atoms with Crippen molar-refractivity contribution in [2.45, 2.75) is 0 Å². The van der Waals surface area contributed by atoms with Gasteiger partial charge in [0, 0.05) is 6.07 Å². The highest BCUT2D eigenvalue weighted by atomic mass is 16.6. The molecule has 4 N–H and O–H groups in total. The number of aliphatic hydroxyl groups excluding tert-OH is 1. The molecule has 0 aliphatic heterocycles. The van der Waals surface area contributed by atoms with Crippen molar-refractivity contribution >= 4 is 17.5 Å². The Morgan fingerprint density at radius 3 is 2.76 bits per heavy atom. The molecule has 0 bridgehead atoms. The molecule has 0 aliphatic rings. The topological polar surface area (TPSA) is 149 Å². The van der Waals surface area contributed by atoms with Gasteiger partial charge in [-0.2, -0.15) is 4.98 Å². The van der Waals surface area contributed by atoms with Crippen molar-refractivity contribution in [3.63, 3.8) is 0 Å². The summed E-state index contributed by atoms with van der Waals surface area (Å²) in [6.07, 6.45) is 0. The van der Waals surface area contributed by atoms with Crippen LogP contribution in [-0.2, 0) is 0 Å². The van der Waals surface area contributed by atoms with Gasteiger partial charge in [-0.15, -0.1) is 0 Å². The SMILES string of the molecule is Nc1nc(OCCO)c(C(=O)O)cc1[N+](=O)[O-]. The van der Waals surface area contributed by atoms with Gasteiger partial charge in [0.15, 0.2) is 0 Å². The summed E-state index contributed by atoms with van der Waals surface area (Å²) < 4.78 is 4.82. The summed E-state index contributed by atoms with van der Waals surface area (Å²) in [5, 5.41) is 27.9. The van der Waals surface area contributed by atoms with E-state index in [1.165, 1.54) is 0 Å². The van der Waals surface area contributed by atoms with E-state index in [1.54, 1.807) is 0 Å². The fraction of sp³-hybridized carbons (Fsp3) is 0.250. The standard InChI is InChI=1S/C8H9N3O6/c9-6-5(11(15)16)3-4(8(13)14)7(10-6)17-2-1-12/h3,12H,1-2H2,(H2,9,10)(H,13,14). The van der Waals surface area contributed by atoms with Crippen LogP contribution in [0.5, 0.6) is 5.88 Å². The fourth-order valence-electron chi connectivity index (χ4n) is 1.05. The lowest BCUT2D eigenvalue weighted by molar-refractivity contribution is -0.384. The summed E-state index contributed by atoms with van der Waals surface area (Å²) >= 11 is 0. The maximum Gasteiger partial charge on any atom is 0.341 e. The lowest BCUT2D eigenvalue weighted by atomic mass is 10.2. The summed E-state index contributed by atoms with van der Waals surface area (Å²) in [6.45, 7) is -0.540. The number of hydrogen-bond donors (Lipinski definition) is 3. The molecule has 1 rings (SSSR count). The average Bonchev–Trinajstić information content (AvgIpc) is 2.25. The van der Waals surface area contributed by atoms with Gasteiger partial charge in [0.25, 0.3) is 0 Å². The number of anilines is 1. The number of nitrogens with two attached hydrogens (primary N) is 1. The van der Waals surface area contributed by atoms with Gasteiger partial charge in [-0.05, 0) is 0 Å². The molecular weight excluding hydrogens is 234 g/mol. The van der Waals surface area contributed by atoms with Crippen molar-refractivity contribution in [3.8, 4) is 5.88 Å². The van der Waals surface area contributed by atoms with Gasteiger partial charge in [0.1, 0.15) is 12.2 Å². The second-order valence-corrected chi connectivity index (χ2v) is 2.88. The number of pyridine rings is 1. The predicted molar refractivity (Wildman–Crippen MR) is 54.8 cm³/mol. The zero-order chi connectivity index (χ0) is 13.0. The molecule has 0 amide bonds. The monoisotopic (exact) mass is 243 g/mol. The summed E-state index contributed by atoms with van der Waals surface area (Å²) in [5.74, 6) is -2.25. The van der Waals surface area contributed by atoms with Crippen LogP contribution in [0.2, 0.25) is 0 Å². The number of nitrogen functional groups attached to an aromatic ring is 1. The number of carboxylic acid groups (broad SMARTS) is 1. The van der Waals surface area contributed by atoms with E-state index in [4.69, 9.17) is 20.7 Å². The van der Waals surface area contributed by atoms with Crippen LogP contribution in [0.4, 0.5) is 11.5 Å². The smallest absolute Gasteiger partial charge is 0.341 e. The molecule has 0 atom stereocenters. The van der Waals surface area contributed by atoms with Gasteiger partial charge in [0.05, 0.1) is 11.5 Å². The van der Waals surface area contributed by atoms with Crippen LogP contribution < -0.4 is 10.5 Å². The predicted octanol–water partition coefficient (Wildman–Crippen LogP) is -0.359. The highest BCUT2D eigenvalue weighted by molar-refractivity contribution is 5.91. The number of nitrogens with zero attached hydrogens (tertiary/aromatic N) is 2. The van der Waals surface area contributed by atoms with Crippen LogP contribution in [0.1, 0.15) is 10.4 Å². The van der Waals surface area contributed by atoms with E-state index in [2.05, 4.69) is 4.98 Å². The summed E-state index contributed by atoms with van der Waals surface area (Å²) in [5.41, 5.74) is 4.18. The van der Waals surface area contributed by atoms with Crippen LogP contribution in [0.15, 0.2) is 6.07 Å². The zero-order valence-corrected chi connectivity index (χ0v) is 8.49. The quantitative estimate of drug-likeness (QED) is 0.468. The molecule has 0 aromatic carbocycles. The molecule has 9 nitrogen and oxygen atoms in total. The molecule has 0 fully saturated rings. The minimum Gasteiger partial charge on any atom is -0.477 e. The number of rotatable bonds is 5. The van der Waals surface area contributed by atoms with Crippen molar-refractivity contribution in [3.05, 3.63) is 21.7 Å². The molecule has 9 heteroatoms. The highest BCUT2D eigenvalue weighted by Gasteiger charge is 2.22. The van der Waals surface area contributed by atoms with Crippen LogP contribution in [0.3, 0.4) is 0 Å². The maximum atomic E-state index is 10.8. The minimum atomic E-state index is -1.44. The lowest BCUT2D eigenvalue weighted by Crippen LogP contribution is -2.11. The van der Waals surface area contributed by atoms with Crippen molar-refractivity contribution in [2.75, 3.05) is 18.9 Å². The Labute approximate surface area is 94.6 Å². The molecule has 17 heavy (non-hydrogen) atoms. The number of hydrogen-bond acceptors (Lipinski definition) is 7. The summed E-state index contributed by atoms with van der Waals surface area (Å²) in [7, 11) is 0. The zero-order valence-electron chi connectivity index (χ0n) is 8.49. The molecule has 0 unspecified atom stereocenters. The average molecular weight is 243 g/mol. The van der Waals surface area contributed by atoms with Gasteiger partial charge in [-0.3, -0.25) is 10.1 Å². The first kappa shape index (κ1) is 12.6. The van der Waals surface area contributed by atoms with E-state index in [9.17, 15) is 14.9 Å². The molecule has 1 heterocycles. The van der Waals surface area contributed by atoms with Gasteiger partial charge in [-0.25, -0.2) is 4.79 Å². The van der Waals surface area contributed by atoms with E-state index in [1.807, 2.05) is 0 Å². The van der Waals surface area contributed by atoms with Gasteiger partial charge >= 0.3 is 11.7 Å². The Hall–Kier alpha value is -2.42. The Balaban J connectivity index is 3.25. The highest BCUT2D eigenvalue weighted by Crippen LogP contribution is 2.26. The van der Waals surface area contributed by atoms with Crippen molar-refractivity contribution in [1.29, 1.82) is 0 Å². The summed E-state index contributed by atoms with van der Waals surface area (Å²) in [4.78, 5) is 24.0.